The van der Waals surface area contributed by atoms with Crippen LogP contribution < -0.4 is 0 Å². The number of hydrogen-bond acceptors (Lipinski definition) is 3. The van der Waals surface area contributed by atoms with E-state index < -0.39 is 5.97 Å². The van der Waals surface area contributed by atoms with Crippen LogP contribution in [0.2, 0.25) is 0 Å². The van der Waals surface area contributed by atoms with E-state index in [2.05, 4.69) is 23.8 Å². The van der Waals surface area contributed by atoms with E-state index in [1.807, 2.05) is 0 Å². The Morgan fingerprint density at radius 3 is 2.72 bits per heavy atom. The van der Waals surface area contributed by atoms with Gasteiger partial charge in [0.05, 0.1) is 0 Å². The monoisotopic (exact) mass is 254 g/mol. The fourth-order valence-electron chi connectivity index (χ4n) is 3.48. The van der Waals surface area contributed by atoms with Gasteiger partial charge in [0.2, 0.25) is 0 Å². The van der Waals surface area contributed by atoms with E-state index in [-0.39, 0.29) is 6.04 Å². The van der Waals surface area contributed by atoms with E-state index >= 15 is 0 Å². The molecule has 2 aliphatic rings. The Morgan fingerprint density at radius 2 is 2.06 bits per heavy atom. The third-order valence-corrected chi connectivity index (χ3v) is 4.74. The van der Waals surface area contributed by atoms with Crippen molar-refractivity contribution in [2.75, 3.05) is 20.1 Å². The van der Waals surface area contributed by atoms with Gasteiger partial charge >= 0.3 is 5.97 Å². The van der Waals surface area contributed by atoms with Crippen LogP contribution in [0, 0.1) is 0 Å². The molecule has 0 amide bonds. The highest BCUT2D eigenvalue weighted by Gasteiger charge is 2.37. The first-order valence-electron chi connectivity index (χ1n) is 7.32. The van der Waals surface area contributed by atoms with Crippen molar-refractivity contribution >= 4 is 5.97 Å². The summed E-state index contributed by atoms with van der Waals surface area (Å²) in [4.78, 5) is 16.1. The van der Waals surface area contributed by atoms with Gasteiger partial charge in [-0.3, -0.25) is 14.6 Å². The van der Waals surface area contributed by atoms with Crippen molar-refractivity contribution < 1.29 is 9.90 Å². The van der Waals surface area contributed by atoms with Crippen molar-refractivity contribution in [3.63, 3.8) is 0 Å². The highest BCUT2D eigenvalue weighted by Crippen LogP contribution is 2.29. The largest absolute Gasteiger partial charge is 0.480 e. The molecule has 0 spiro atoms. The third-order valence-electron chi connectivity index (χ3n) is 4.74. The van der Waals surface area contributed by atoms with Gasteiger partial charge in [0.1, 0.15) is 6.04 Å². The summed E-state index contributed by atoms with van der Waals surface area (Å²) >= 11 is 0. The van der Waals surface area contributed by atoms with E-state index in [9.17, 15) is 9.90 Å². The van der Waals surface area contributed by atoms with Crippen molar-refractivity contribution in [3.05, 3.63) is 0 Å². The smallest absolute Gasteiger partial charge is 0.320 e. The molecule has 0 saturated carbocycles. The molecule has 4 nitrogen and oxygen atoms in total. The lowest BCUT2D eigenvalue weighted by molar-refractivity contribution is -0.143. The molecule has 0 aromatic carbocycles. The summed E-state index contributed by atoms with van der Waals surface area (Å²) in [5, 5.41) is 9.42. The number of carboxylic acids is 1. The number of nitrogens with zero attached hydrogens (tertiary/aromatic N) is 2. The minimum Gasteiger partial charge on any atom is -0.480 e. The number of likely N-dealkylation sites (tertiary alicyclic amines) is 1. The van der Waals surface area contributed by atoms with Crippen molar-refractivity contribution in [1.82, 2.24) is 9.80 Å². The summed E-state index contributed by atoms with van der Waals surface area (Å²) < 4.78 is 0. The molecule has 2 heterocycles. The van der Waals surface area contributed by atoms with Crippen LogP contribution in [0.1, 0.15) is 45.4 Å². The summed E-state index contributed by atoms with van der Waals surface area (Å²) in [7, 11) is 2.20. The van der Waals surface area contributed by atoms with E-state index in [0.29, 0.717) is 12.1 Å². The average Bonchev–Trinajstić information content (AvgIpc) is 2.56. The highest BCUT2D eigenvalue weighted by atomic mass is 16.4. The van der Waals surface area contributed by atoms with Gasteiger partial charge in [-0.2, -0.15) is 0 Å². The second-order valence-electron chi connectivity index (χ2n) is 5.83. The highest BCUT2D eigenvalue weighted by molar-refractivity contribution is 5.73. The zero-order valence-electron chi connectivity index (χ0n) is 11.6. The topological polar surface area (TPSA) is 43.8 Å². The fourth-order valence-corrected chi connectivity index (χ4v) is 3.48. The summed E-state index contributed by atoms with van der Waals surface area (Å²) in [6.07, 6.45) is 6.54. The molecule has 0 aromatic heterocycles. The Balaban J connectivity index is 2.00. The first kappa shape index (κ1) is 13.8. The third kappa shape index (κ3) is 2.86. The number of fused-ring (bicyclic) bond motifs is 2. The van der Waals surface area contributed by atoms with Gasteiger partial charge in [-0.05, 0) is 32.7 Å². The first-order chi connectivity index (χ1) is 8.63. The average molecular weight is 254 g/mol. The molecule has 3 atom stereocenters. The lowest BCUT2D eigenvalue weighted by Gasteiger charge is -2.30. The van der Waals surface area contributed by atoms with Crippen LogP contribution in [-0.2, 0) is 4.79 Å². The predicted molar refractivity (Wildman–Crippen MR) is 71.7 cm³/mol. The Labute approximate surface area is 110 Å². The van der Waals surface area contributed by atoms with Crippen molar-refractivity contribution in [1.29, 1.82) is 0 Å². The number of hydrogen-bond donors (Lipinski definition) is 1. The Hall–Kier alpha value is -0.610. The number of unbranched alkanes of at least 4 members (excludes halogenated alkanes) is 1. The van der Waals surface area contributed by atoms with Gasteiger partial charge in [-0.25, -0.2) is 0 Å². The van der Waals surface area contributed by atoms with Crippen molar-refractivity contribution in [2.45, 2.75) is 63.6 Å². The number of carbonyl (C=O) groups is 1. The van der Waals surface area contributed by atoms with E-state index in [0.717, 1.165) is 38.8 Å². The van der Waals surface area contributed by atoms with Gasteiger partial charge in [-0.1, -0.05) is 19.8 Å². The maximum absolute atomic E-state index is 11.4. The molecule has 2 saturated heterocycles. The quantitative estimate of drug-likeness (QED) is 0.812. The Morgan fingerprint density at radius 1 is 1.33 bits per heavy atom. The van der Waals surface area contributed by atoms with E-state index in [4.69, 9.17) is 0 Å². The van der Waals surface area contributed by atoms with Gasteiger partial charge in [0, 0.05) is 25.2 Å². The second kappa shape index (κ2) is 6.02. The molecule has 104 valence electrons. The Bertz CT molecular complexity index is 296. The molecule has 2 rings (SSSR count). The molecule has 1 N–H and O–H groups in total. The van der Waals surface area contributed by atoms with Crippen molar-refractivity contribution in [2.24, 2.45) is 0 Å². The molecule has 4 heteroatoms. The summed E-state index contributed by atoms with van der Waals surface area (Å²) in [6.45, 7) is 4.01. The number of rotatable bonds is 5. The fraction of sp³-hybridized carbons (Fsp3) is 0.929. The number of aliphatic carboxylic acids is 1. The van der Waals surface area contributed by atoms with Crippen LogP contribution in [0.15, 0.2) is 0 Å². The molecule has 18 heavy (non-hydrogen) atoms. The van der Waals surface area contributed by atoms with Crippen LogP contribution in [0.25, 0.3) is 0 Å². The molecule has 0 aromatic rings. The molecular weight excluding hydrogens is 228 g/mol. The summed E-state index contributed by atoms with van der Waals surface area (Å²) in [6, 6.07) is 0.985. The van der Waals surface area contributed by atoms with E-state index in [1.54, 1.807) is 0 Å². The maximum atomic E-state index is 11.4. The molecule has 2 bridgehead atoms. The number of carboxylic acid groups (broad SMARTS) is 1. The Kier molecular flexibility index (Phi) is 4.62. The van der Waals surface area contributed by atoms with Gasteiger partial charge in [0.15, 0.2) is 0 Å². The molecular formula is C14H26N2O2. The summed E-state index contributed by atoms with van der Waals surface area (Å²) in [5.74, 6) is -0.635. The first-order valence-corrected chi connectivity index (χ1v) is 7.32. The van der Waals surface area contributed by atoms with Crippen molar-refractivity contribution in [3.8, 4) is 0 Å². The van der Waals surface area contributed by atoms with Gasteiger partial charge in [0.25, 0.3) is 0 Å². The van der Waals surface area contributed by atoms with Crippen LogP contribution in [0.3, 0.4) is 0 Å². The normalized spacial score (nSPS) is 31.2. The minimum absolute atomic E-state index is 0.266. The minimum atomic E-state index is -0.635. The zero-order valence-corrected chi connectivity index (χ0v) is 11.6. The number of likely N-dealkylation sites (N-methyl/N-ethyl adjacent to an activating group) is 1. The van der Waals surface area contributed by atoms with Crippen LogP contribution in [0.5, 0.6) is 0 Å². The molecule has 0 radical (unpaired) electrons. The van der Waals surface area contributed by atoms with Crippen LogP contribution in [-0.4, -0.2) is 59.1 Å². The maximum Gasteiger partial charge on any atom is 0.320 e. The van der Waals surface area contributed by atoms with Crippen LogP contribution in [0.4, 0.5) is 0 Å². The van der Waals surface area contributed by atoms with Crippen LogP contribution >= 0.6 is 0 Å². The zero-order chi connectivity index (χ0) is 13.1. The van der Waals surface area contributed by atoms with Gasteiger partial charge in [-0.15, -0.1) is 0 Å². The molecule has 3 unspecified atom stereocenters. The summed E-state index contributed by atoms with van der Waals surface area (Å²) in [5.41, 5.74) is 0. The van der Waals surface area contributed by atoms with Gasteiger partial charge < -0.3 is 5.11 Å². The molecule has 2 fully saturated rings. The standard InChI is InChI=1S/C14H26N2O2/c1-3-4-5-13(14(17)18)16-9-8-11-6-7-12(10-16)15(11)2/h11-13H,3-10H2,1-2H3,(H,17,18). The lowest BCUT2D eigenvalue weighted by Crippen LogP contribution is -2.45. The predicted octanol–water partition coefficient (Wildman–Crippen LogP) is 1.80. The molecule has 0 aliphatic carbocycles. The second-order valence-corrected chi connectivity index (χ2v) is 5.83. The van der Waals surface area contributed by atoms with E-state index in [1.165, 1.54) is 12.8 Å². The SMILES string of the molecule is CCCCC(C(=O)O)N1CCC2CCC(C1)N2C. The molecule has 2 aliphatic heterocycles. The lowest BCUT2D eigenvalue weighted by atomic mass is 10.0.